The van der Waals surface area contributed by atoms with Crippen LogP contribution in [0.2, 0.25) is 5.02 Å². The number of piperidine rings is 1. The number of rotatable bonds is 3. The van der Waals surface area contributed by atoms with Crippen LogP contribution < -0.4 is 16.0 Å². The lowest BCUT2D eigenvalue weighted by Crippen LogP contribution is -2.39. The molecule has 7 nitrogen and oxygen atoms in total. The molecule has 0 saturated carbocycles. The minimum atomic E-state index is 0.274. The van der Waals surface area contributed by atoms with E-state index < -0.39 is 0 Å². The summed E-state index contributed by atoms with van der Waals surface area (Å²) in [6.45, 7) is 1.74. The van der Waals surface area contributed by atoms with Crippen molar-refractivity contribution in [2.75, 3.05) is 29.0 Å². The Morgan fingerprint density at radius 2 is 2.04 bits per heavy atom. The van der Waals surface area contributed by atoms with Crippen LogP contribution in [0, 0.1) is 11.3 Å². The molecule has 118 valence electrons. The van der Waals surface area contributed by atoms with Crippen LogP contribution in [0.15, 0.2) is 24.7 Å². The van der Waals surface area contributed by atoms with Gasteiger partial charge in [-0.05, 0) is 25.0 Å². The van der Waals surface area contributed by atoms with Gasteiger partial charge in [0.25, 0.3) is 0 Å². The predicted molar refractivity (Wildman–Crippen MR) is 89.3 cm³/mol. The maximum atomic E-state index is 8.81. The molecule has 3 N–H and O–H groups in total. The second-order valence-corrected chi connectivity index (χ2v) is 5.72. The zero-order valence-electron chi connectivity index (χ0n) is 12.4. The summed E-state index contributed by atoms with van der Waals surface area (Å²) < 4.78 is 0. The van der Waals surface area contributed by atoms with Gasteiger partial charge in [-0.3, -0.25) is 0 Å². The average Bonchev–Trinajstić information content (AvgIpc) is 2.60. The van der Waals surface area contributed by atoms with Gasteiger partial charge in [-0.25, -0.2) is 15.0 Å². The molecule has 3 heterocycles. The summed E-state index contributed by atoms with van der Waals surface area (Å²) in [5.74, 6) is 1.75. The van der Waals surface area contributed by atoms with Crippen molar-refractivity contribution in [2.24, 2.45) is 0 Å². The van der Waals surface area contributed by atoms with E-state index in [-0.39, 0.29) is 11.9 Å². The van der Waals surface area contributed by atoms with E-state index in [1.165, 1.54) is 6.33 Å². The van der Waals surface area contributed by atoms with Crippen molar-refractivity contribution in [2.45, 2.75) is 18.9 Å². The predicted octanol–water partition coefficient (Wildman–Crippen LogP) is 2.06. The molecule has 1 aliphatic heterocycles. The number of nitrogens with zero attached hydrogens (tertiary/aromatic N) is 5. The lowest BCUT2D eigenvalue weighted by molar-refractivity contribution is 0.522. The zero-order valence-corrected chi connectivity index (χ0v) is 13.2. The molecule has 2 aromatic rings. The van der Waals surface area contributed by atoms with Gasteiger partial charge >= 0.3 is 0 Å². The number of hydrogen-bond donors (Lipinski definition) is 2. The quantitative estimate of drug-likeness (QED) is 0.888. The van der Waals surface area contributed by atoms with E-state index in [2.05, 4.69) is 31.2 Å². The summed E-state index contributed by atoms with van der Waals surface area (Å²) in [4.78, 5) is 14.5. The molecule has 0 radical (unpaired) electrons. The number of nitriles is 1. The fourth-order valence-corrected chi connectivity index (χ4v) is 2.72. The molecule has 2 aromatic heterocycles. The van der Waals surface area contributed by atoms with E-state index in [9.17, 15) is 0 Å². The first-order valence-electron chi connectivity index (χ1n) is 7.31. The standard InChI is InChI=1S/C15H16ClN7/c16-13-14(18)20-9-21-15(13)22-11-3-5-23(6-4-11)12-2-1-10(7-17)8-19-12/h1-2,8-9,11H,3-6H2,(H3,18,20,21,22). The smallest absolute Gasteiger partial charge is 0.150 e. The van der Waals surface area contributed by atoms with Crippen molar-refractivity contribution in [3.05, 3.63) is 35.2 Å². The Balaban J connectivity index is 1.60. The second kappa shape index (κ2) is 6.67. The Morgan fingerprint density at radius 1 is 1.26 bits per heavy atom. The molecule has 1 aliphatic rings. The molecule has 1 saturated heterocycles. The zero-order chi connectivity index (χ0) is 16.2. The minimum absolute atomic E-state index is 0.274. The first-order chi connectivity index (χ1) is 11.2. The second-order valence-electron chi connectivity index (χ2n) is 5.34. The van der Waals surface area contributed by atoms with Crippen molar-refractivity contribution in [1.29, 1.82) is 5.26 Å². The normalized spacial score (nSPS) is 15.2. The van der Waals surface area contributed by atoms with Crippen molar-refractivity contribution in [3.8, 4) is 6.07 Å². The number of pyridine rings is 1. The van der Waals surface area contributed by atoms with Crippen LogP contribution in [0.3, 0.4) is 0 Å². The third-order valence-corrected chi connectivity index (χ3v) is 4.23. The van der Waals surface area contributed by atoms with E-state index in [4.69, 9.17) is 22.6 Å². The van der Waals surface area contributed by atoms with Crippen LogP contribution in [0.1, 0.15) is 18.4 Å². The number of halogens is 1. The molecule has 3 rings (SSSR count). The molecule has 0 atom stereocenters. The topological polar surface area (TPSA) is 104 Å². The van der Waals surface area contributed by atoms with Gasteiger partial charge in [0.15, 0.2) is 5.82 Å². The van der Waals surface area contributed by atoms with Crippen molar-refractivity contribution in [3.63, 3.8) is 0 Å². The Morgan fingerprint density at radius 3 is 2.70 bits per heavy atom. The molecule has 0 aromatic carbocycles. The molecule has 0 amide bonds. The molecule has 0 bridgehead atoms. The Hall–Kier alpha value is -2.59. The Labute approximate surface area is 139 Å². The molecular formula is C15H16ClN7. The van der Waals surface area contributed by atoms with E-state index in [1.54, 1.807) is 12.3 Å². The van der Waals surface area contributed by atoms with Crippen LogP contribution in [0.25, 0.3) is 0 Å². The SMILES string of the molecule is N#Cc1ccc(N2CCC(Nc3ncnc(N)c3Cl)CC2)nc1. The molecule has 0 spiro atoms. The highest BCUT2D eigenvalue weighted by Gasteiger charge is 2.21. The monoisotopic (exact) mass is 329 g/mol. The van der Waals surface area contributed by atoms with E-state index in [1.807, 2.05) is 6.07 Å². The Kier molecular flexibility index (Phi) is 4.44. The fourth-order valence-electron chi connectivity index (χ4n) is 2.57. The summed E-state index contributed by atoms with van der Waals surface area (Å²) in [6.07, 6.45) is 4.87. The van der Waals surface area contributed by atoms with Gasteiger partial charge in [0.1, 0.15) is 29.1 Å². The number of aromatic nitrogens is 3. The summed E-state index contributed by atoms with van der Waals surface area (Å²) in [6, 6.07) is 6.02. The summed E-state index contributed by atoms with van der Waals surface area (Å²) in [5.41, 5.74) is 6.26. The van der Waals surface area contributed by atoms with Gasteiger partial charge in [-0.2, -0.15) is 5.26 Å². The maximum Gasteiger partial charge on any atom is 0.150 e. The lowest BCUT2D eigenvalue weighted by atomic mass is 10.0. The number of anilines is 3. The van der Waals surface area contributed by atoms with Gasteiger partial charge in [0, 0.05) is 25.3 Å². The van der Waals surface area contributed by atoms with E-state index in [0.717, 1.165) is 31.7 Å². The first kappa shape index (κ1) is 15.3. The Bertz CT molecular complexity index is 718. The number of nitrogen functional groups attached to an aromatic ring is 1. The highest BCUT2D eigenvalue weighted by atomic mass is 35.5. The van der Waals surface area contributed by atoms with Crippen LogP contribution >= 0.6 is 11.6 Å². The number of hydrogen-bond acceptors (Lipinski definition) is 7. The van der Waals surface area contributed by atoms with Gasteiger partial charge in [-0.1, -0.05) is 11.6 Å². The van der Waals surface area contributed by atoms with E-state index in [0.29, 0.717) is 16.4 Å². The fraction of sp³-hybridized carbons (Fsp3) is 0.333. The molecule has 23 heavy (non-hydrogen) atoms. The number of nitrogens with two attached hydrogens (primary N) is 1. The van der Waals surface area contributed by atoms with Gasteiger partial charge in [0.05, 0.1) is 5.56 Å². The van der Waals surface area contributed by atoms with Crippen LogP contribution in [0.4, 0.5) is 17.5 Å². The number of nitrogens with one attached hydrogen (secondary N) is 1. The lowest BCUT2D eigenvalue weighted by Gasteiger charge is -2.33. The average molecular weight is 330 g/mol. The summed E-state index contributed by atoms with van der Waals surface area (Å²) in [5, 5.41) is 12.5. The molecule has 0 aliphatic carbocycles. The summed E-state index contributed by atoms with van der Waals surface area (Å²) in [7, 11) is 0. The van der Waals surface area contributed by atoms with Gasteiger partial charge in [0.2, 0.25) is 0 Å². The van der Waals surface area contributed by atoms with E-state index >= 15 is 0 Å². The van der Waals surface area contributed by atoms with Crippen molar-refractivity contribution >= 4 is 29.1 Å². The van der Waals surface area contributed by atoms with Crippen molar-refractivity contribution in [1.82, 2.24) is 15.0 Å². The molecule has 8 heteroatoms. The largest absolute Gasteiger partial charge is 0.382 e. The third-order valence-electron chi connectivity index (χ3n) is 3.85. The molecular weight excluding hydrogens is 314 g/mol. The first-order valence-corrected chi connectivity index (χ1v) is 7.69. The van der Waals surface area contributed by atoms with Crippen LogP contribution in [-0.2, 0) is 0 Å². The highest BCUT2D eigenvalue weighted by molar-refractivity contribution is 6.35. The van der Waals surface area contributed by atoms with Gasteiger partial charge in [-0.15, -0.1) is 0 Å². The third kappa shape index (κ3) is 3.43. The maximum absolute atomic E-state index is 8.81. The van der Waals surface area contributed by atoms with Crippen molar-refractivity contribution < 1.29 is 0 Å². The van der Waals surface area contributed by atoms with Crippen LogP contribution in [-0.4, -0.2) is 34.1 Å². The highest BCUT2D eigenvalue weighted by Crippen LogP contribution is 2.26. The minimum Gasteiger partial charge on any atom is -0.382 e. The van der Waals surface area contributed by atoms with Crippen LogP contribution in [0.5, 0.6) is 0 Å². The molecule has 1 fully saturated rings. The van der Waals surface area contributed by atoms with Gasteiger partial charge < -0.3 is 16.0 Å². The molecule has 0 unspecified atom stereocenters. The summed E-state index contributed by atoms with van der Waals surface area (Å²) >= 11 is 6.11.